The maximum Gasteiger partial charge on any atom is 0.435 e. The van der Waals surface area contributed by atoms with E-state index in [1.807, 2.05) is 0 Å². The van der Waals surface area contributed by atoms with Gasteiger partial charge in [-0.2, -0.15) is 46.7 Å². The molecule has 0 saturated carbocycles. The van der Waals surface area contributed by atoms with Crippen molar-refractivity contribution in [1.82, 2.24) is 39.1 Å². The Hall–Kier alpha value is -6.22. The number of nitrogens with zero attached hydrogens (tertiary/aromatic N) is 8. The molecule has 0 amide bonds. The predicted molar refractivity (Wildman–Crippen MR) is 179 cm³/mol. The molecular weight excluding hydrogens is 804 g/mol. The van der Waals surface area contributed by atoms with Gasteiger partial charge < -0.3 is 0 Å². The van der Waals surface area contributed by atoms with Crippen LogP contribution >= 0.6 is 0 Å². The first-order chi connectivity index (χ1) is 27.1. The number of halogens is 12. The van der Waals surface area contributed by atoms with Gasteiger partial charge in [0.15, 0.2) is 23.0 Å². The number of rotatable bonds is 12. The van der Waals surface area contributed by atoms with Gasteiger partial charge in [-0.1, -0.05) is 0 Å². The Kier molecular flexibility index (Phi) is 12.7. The zero-order chi connectivity index (χ0) is 42.7. The molecule has 0 fully saturated rings. The number of benzene rings is 2. The standard InChI is InChI=1S/2C18H14F6N4O/c2*1-10(29)14-5-12(19)2-3-15(14)28-13(6-16(26-28)18(22,23)24)4-11-7-25-27(8-11)9-17(20)21/h2*2-3,5-8,17H,4,9H2,1H3. The van der Waals surface area contributed by atoms with Crippen molar-refractivity contribution in [1.29, 1.82) is 0 Å². The van der Waals surface area contributed by atoms with Crippen molar-refractivity contribution in [3.63, 3.8) is 0 Å². The van der Waals surface area contributed by atoms with Gasteiger partial charge in [0.2, 0.25) is 0 Å². The minimum absolute atomic E-state index is 0.0237. The molecule has 0 bridgehead atoms. The Bertz CT molecular complexity index is 2240. The van der Waals surface area contributed by atoms with Crippen molar-refractivity contribution in [2.75, 3.05) is 0 Å². The summed E-state index contributed by atoms with van der Waals surface area (Å²) in [6.07, 6.45) is -9.95. The van der Waals surface area contributed by atoms with E-state index in [1.54, 1.807) is 0 Å². The zero-order valence-electron chi connectivity index (χ0n) is 29.8. The first-order valence-corrected chi connectivity index (χ1v) is 16.6. The van der Waals surface area contributed by atoms with E-state index in [0.717, 1.165) is 81.1 Å². The molecular formula is C36H28F12N8O2. The molecule has 6 rings (SSSR count). The lowest BCUT2D eigenvalue weighted by molar-refractivity contribution is -0.142. The van der Waals surface area contributed by atoms with Crippen LogP contribution in [0.3, 0.4) is 0 Å². The molecule has 0 atom stereocenters. The molecule has 6 aromatic rings. The summed E-state index contributed by atoms with van der Waals surface area (Å²) in [5, 5.41) is 14.6. The van der Waals surface area contributed by atoms with Gasteiger partial charge >= 0.3 is 12.4 Å². The van der Waals surface area contributed by atoms with Crippen molar-refractivity contribution >= 4 is 11.6 Å². The van der Waals surface area contributed by atoms with Crippen molar-refractivity contribution < 1.29 is 62.3 Å². The van der Waals surface area contributed by atoms with Gasteiger partial charge in [-0.25, -0.2) is 35.7 Å². The topological polar surface area (TPSA) is 105 Å². The average Bonchev–Trinajstić information content (AvgIpc) is 3.92. The van der Waals surface area contributed by atoms with Gasteiger partial charge in [0.25, 0.3) is 12.9 Å². The largest absolute Gasteiger partial charge is 0.435 e. The predicted octanol–water partition coefficient (Wildman–Crippen LogP) is 8.57. The molecule has 0 radical (unpaired) electrons. The normalized spacial score (nSPS) is 12.0. The molecule has 4 heterocycles. The number of aromatic nitrogens is 8. The smallest absolute Gasteiger partial charge is 0.294 e. The van der Waals surface area contributed by atoms with E-state index in [9.17, 15) is 62.3 Å². The number of hydrogen-bond donors (Lipinski definition) is 0. The van der Waals surface area contributed by atoms with Crippen molar-refractivity contribution in [3.05, 3.63) is 130 Å². The molecule has 58 heavy (non-hydrogen) atoms. The van der Waals surface area contributed by atoms with E-state index < -0.39 is 72.9 Å². The van der Waals surface area contributed by atoms with Crippen molar-refractivity contribution in [3.8, 4) is 11.4 Å². The Morgan fingerprint density at radius 2 is 0.966 bits per heavy atom. The SMILES string of the molecule is CC(=O)c1cc(F)ccc1-n1nc(C(F)(F)F)cc1Cc1cnn(CC(F)F)c1.CC(=O)c1cc(F)ccc1-n1nc(C(F)(F)F)cc1Cc1cnn(CC(F)F)c1. The van der Waals surface area contributed by atoms with E-state index in [0.29, 0.717) is 11.1 Å². The Balaban J connectivity index is 0.000000221. The van der Waals surface area contributed by atoms with Crippen LogP contribution in [-0.4, -0.2) is 63.5 Å². The number of carbonyl (C=O) groups is 2. The van der Waals surface area contributed by atoms with Crippen molar-refractivity contribution in [2.24, 2.45) is 0 Å². The van der Waals surface area contributed by atoms with Gasteiger partial charge in [0.05, 0.1) is 23.8 Å². The summed E-state index contributed by atoms with van der Waals surface area (Å²) in [5.41, 5.74) is -1.94. The van der Waals surface area contributed by atoms with Gasteiger partial charge in [-0.3, -0.25) is 19.0 Å². The number of Topliss-reactive ketones (excluding diaryl/α,β-unsaturated/α-hetero) is 2. The molecule has 308 valence electrons. The summed E-state index contributed by atoms with van der Waals surface area (Å²) in [7, 11) is 0. The lowest BCUT2D eigenvalue weighted by atomic mass is 10.1. The summed E-state index contributed by atoms with van der Waals surface area (Å²) >= 11 is 0. The number of alkyl halides is 10. The van der Waals surface area contributed by atoms with Crippen LogP contribution in [0.4, 0.5) is 52.7 Å². The summed E-state index contributed by atoms with van der Waals surface area (Å²) in [6, 6.07) is 7.72. The van der Waals surface area contributed by atoms with Crippen LogP contribution in [-0.2, 0) is 38.3 Å². The van der Waals surface area contributed by atoms with Gasteiger partial charge in [0, 0.05) is 47.8 Å². The van der Waals surface area contributed by atoms with E-state index in [-0.39, 0.29) is 46.7 Å². The second-order valence-corrected chi connectivity index (χ2v) is 12.6. The molecule has 0 saturated heterocycles. The molecule has 2 aromatic carbocycles. The molecule has 22 heteroatoms. The monoisotopic (exact) mass is 832 g/mol. The van der Waals surface area contributed by atoms with E-state index in [1.165, 1.54) is 24.8 Å². The van der Waals surface area contributed by atoms with E-state index in [2.05, 4.69) is 20.4 Å². The highest BCUT2D eigenvalue weighted by molar-refractivity contribution is 5.98. The molecule has 10 nitrogen and oxygen atoms in total. The molecule has 0 N–H and O–H groups in total. The third-order valence-corrected chi connectivity index (χ3v) is 8.07. The first kappa shape index (κ1) is 42.9. The second-order valence-electron chi connectivity index (χ2n) is 12.6. The lowest BCUT2D eigenvalue weighted by Crippen LogP contribution is -2.11. The Morgan fingerprint density at radius 1 is 0.603 bits per heavy atom. The minimum atomic E-state index is -4.75. The Morgan fingerprint density at radius 3 is 1.28 bits per heavy atom. The summed E-state index contributed by atoms with van der Waals surface area (Å²) in [6.45, 7) is 1.000. The van der Waals surface area contributed by atoms with Crippen LogP contribution in [0.1, 0.15) is 68.5 Å². The van der Waals surface area contributed by atoms with E-state index >= 15 is 0 Å². The van der Waals surface area contributed by atoms with Gasteiger partial charge in [0.1, 0.15) is 24.7 Å². The molecule has 0 spiro atoms. The quantitative estimate of drug-likeness (QED) is 0.0905. The maximum atomic E-state index is 13.5. The van der Waals surface area contributed by atoms with Crippen LogP contribution < -0.4 is 0 Å². The molecule has 0 aliphatic heterocycles. The third kappa shape index (κ3) is 10.6. The first-order valence-electron chi connectivity index (χ1n) is 16.6. The highest BCUT2D eigenvalue weighted by Gasteiger charge is 2.36. The fourth-order valence-corrected chi connectivity index (χ4v) is 5.63. The van der Waals surface area contributed by atoms with Crippen molar-refractivity contribution in [2.45, 2.75) is 65.0 Å². The fraction of sp³-hybridized carbons (Fsp3) is 0.278. The van der Waals surface area contributed by atoms with Gasteiger partial charge in [-0.05, 0) is 73.5 Å². The second kappa shape index (κ2) is 17.1. The fourth-order valence-electron chi connectivity index (χ4n) is 5.63. The zero-order valence-corrected chi connectivity index (χ0v) is 29.8. The van der Waals surface area contributed by atoms with Crippen LogP contribution in [0.2, 0.25) is 0 Å². The minimum Gasteiger partial charge on any atom is -0.294 e. The number of ketones is 2. The summed E-state index contributed by atoms with van der Waals surface area (Å²) in [5.74, 6) is -2.56. The number of hydrogen-bond acceptors (Lipinski definition) is 6. The lowest BCUT2D eigenvalue weighted by Gasteiger charge is -2.11. The molecule has 0 aliphatic rings. The highest BCUT2D eigenvalue weighted by Crippen LogP contribution is 2.33. The maximum absolute atomic E-state index is 13.5. The summed E-state index contributed by atoms with van der Waals surface area (Å²) in [4.78, 5) is 23.7. The van der Waals surface area contributed by atoms with Crippen LogP contribution in [0.15, 0.2) is 73.3 Å². The Labute approximate surface area is 319 Å². The average molecular weight is 833 g/mol. The summed E-state index contributed by atoms with van der Waals surface area (Å²) < 4.78 is 160. The molecule has 0 unspecified atom stereocenters. The van der Waals surface area contributed by atoms with Crippen LogP contribution in [0, 0.1) is 11.6 Å². The molecule has 0 aliphatic carbocycles. The highest BCUT2D eigenvalue weighted by atomic mass is 19.4. The molecule has 4 aromatic heterocycles. The number of carbonyl (C=O) groups excluding carboxylic acids is 2. The third-order valence-electron chi connectivity index (χ3n) is 8.07. The van der Waals surface area contributed by atoms with Crippen LogP contribution in [0.25, 0.3) is 11.4 Å². The van der Waals surface area contributed by atoms with E-state index in [4.69, 9.17) is 0 Å². The van der Waals surface area contributed by atoms with Gasteiger partial charge in [-0.15, -0.1) is 0 Å². The van der Waals surface area contributed by atoms with Crippen LogP contribution in [0.5, 0.6) is 0 Å².